The van der Waals surface area contributed by atoms with Gasteiger partial charge in [-0.1, -0.05) is 48.5 Å². The van der Waals surface area contributed by atoms with Gasteiger partial charge in [-0.05, 0) is 18.6 Å². The smallest absolute Gasteiger partial charge is 0.221 e. The van der Waals surface area contributed by atoms with E-state index in [0.29, 0.717) is 5.75 Å². The number of hydrogen-bond donors (Lipinski definition) is 1. The first-order valence-electron chi connectivity index (χ1n) is 8.72. The quantitative estimate of drug-likeness (QED) is 0.714. The molecule has 0 radical (unpaired) electrons. The van der Waals surface area contributed by atoms with Crippen LogP contribution in [0.5, 0.6) is 5.75 Å². The third-order valence-corrected chi connectivity index (χ3v) is 5.52. The zero-order chi connectivity index (χ0) is 19.9. The maximum Gasteiger partial charge on any atom is 0.221 e. The summed E-state index contributed by atoms with van der Waals surface area (Å²) in [6, 6.07) is 16.7. The highest BCUT2D eigenvalue weighted by Crippen LogP contribution is 2.20. The monoisotopic (exact) mass is 390 g/mol. The summed E-state index contributed by atoms with van der Waals surface area (Å²) in [6.07, 6.45) is 1.23. The van der Waals surface area contributed by atoms with Gasteiger partial charge in [0, 0.05) is 25.1 Å². The molecule has 0 spiro atoms. The molecule has 6 nitrogen and oxygen atoms in total. The highest BCUT2D eigenvalue weighted by molar-refractivity contribution is 7.88. The lowest BCUT2D eigenvalue weighted by Crippen LogP contribution is -2.35. The fraction of sp³-hybridized carbons (Fsp3) is 0.350. The summed E-state index contributed by atoms with van der Waals surface area (Å²) in [5.41, 5.74) is 1.75. The van der Waals surface area contributed by atoms with Crippen molar-refractivity contribution in [1.82, 2.24) is 9.62 Å². The summed E-state index contributed by atoms with van der Waals surface area (Å²) < 4.78 is 30.9. The van der Waals surface area contributed by atoms with Gasteiger partial charge in [0.25, 0.3) is 0 Å². The predicted octanol–water partition coefficient (Wildman–Crippen LogP) is 2.72. The number of rotatable bonds is 9. The molecule has 0 heterocycles. The number of methoxy groups -OCH3 is 1. The summed E-state index contributed by atoms with van der Waals surface area (Å²) in [6.45, 7) is 2.16. The number of benzene rings is 2. The number of hydrogen-bond acceptors (Lipinski definition) is 4. The van der Waals surface area contributed by atoms with Crippen LogP contribution >= 0.6 is 0 Å². The van der Waals surface area contributed by atoms with Crippen LogP contribution in [0.2, 0.25) is 0 Å². The minimum atomic E-state index is -3.47. The molecular formula is C20H26N2O4S. The lowest BCUT2D eigenvalue weighted by Gasteiger charge is -2.21. The maximum absolute atomic E-state index is 12.3. The highest BCUT2D eigenvalue weighted by atomic mass is 32.2. The Hall–Kier alpha value is -2.38. The Morgan fingerprint density at radius 2 is 1.74 bits per heavy atom. The fourth-order valence-electron chi connectivity index (χ4n) is 2.75. The van der Waals surface area contributed by atoms with E-state index in [1.54, 1.807) is 13.2 Å². The van der Waals surface area contributed by atoms with Gasteiger partial charge in [0.1, 0.15) is 5.75 Å². The molecule has 2 aromatic carbocycles. The average Bonchev–Trinajstić information content (AvgIpc) is 2.65. The van der Waals surface area contributed by atoms with Gasteiger partial charge in [0.2, 0.25) is 15.9 Å². The normalized spacial score (nSPS) is 12.6. The first kappa shape index (κ1) is 20.9. The largest absolute Gasteiger partial charge is 0.496 e. The van der Waals surface area contributed by atoms with Crippen LogP contribution in [0, 0.1) is 0 Å². The van der Waals surface area contributed by atoms with Crippen molar-refractivity contribution in [3.05, 3.63) is 65.7 Å². The summed E-state index contributed by atoms with van der Waals surface area (Å²) in [5, 5.41) is 2.90. The lowest BCUT2D eigenvalue weighted by molar-refractivity contribution is -0.121. The Balaban J connectivity index is 1.99. The molecule has 146 valence electrons. The van der Waals surface area contributed by atoms with E-state index in [9.17, 15) is 13.2 Å². The zero-order valence-corrected chi connectivity index (χ0v) is 16.7. The topological polar surface area (TPSA) is 75.7 Å². The van der Waals surface area contributed by atoms with Crippen molar-refractivity contribution in [2.45, 2.75) is 25.9 Å². The van der Waals surface area contributed by atoms with Crippen LogP contribution in [0.15, 0.2) is 54.6 Å². The third kappa shape index (κ3) is 6.37. The zero-order valence-electron chi connectivity index (χ0n) is 15.9. The molecule has 0 saturated carbocycles. The molecule has 1 amide bonds. The Bertz CT molecular complexity index is 853. The summed E-state index contributed by atoms with van der Waals surface area (Å²) in [7, 11) is -1.92. The van der Waals surface area contributed by atoms with Crippen LogP contribution in [0.4, 0.5) is 0 Å². The average molecular weight is 391 g/mol. The van der Waals surface area contributed by atoms with Crippen molar-refractivity contribution in [3.8, 4) is 5.75 Å². The van der Waals surface area contributed by atoms with Crippen molar-refractivity contribution >= 4 is 15.9 Å². The minimum absolute atomic E-state index is 0.0827. The third-order valence-electron chi connectivity index (χ3n) is 4.27. The molecule has 2 rings (SSSR count). The highest BCUT2D eigenvalue weighted by Gasteiger charge is 2.20. The number of carbonyl (C=O) groups excluding carboxylic acids is 1. The second kappa shape index (κ2) is 9.53. The van der Waals surface area contributed by atoms with Crippen molar-refractivity contribution in [2.75, 3.05) is 19.9 Å². The van der Waals surface area contributed by atoms with Gasteiger partial charge in [-0.15, -0.1) is 0 Å². The molecule has 1 N–H and O–H groups in total. The summed E-state index contributed by atoms with van der Waals surface area (Å²) in [5.74, 6) is 0.424. The molecule has 1 unspecified atom stereocenters. The Kier molecular flexibility index (Phi) is 7.38. The van der Waals surface area contributed by atoms with E-state index in [-0.39, 0.29) is 31.5 Å². The standard InChI is InChI=1S/C20H26N2O4S/c1-16(17-9-5-4-6-10-17)21-20(23)13-14-22(27(3,24)25)15-18-11-7-8-12-19(18)26-2/h4-12,16H,13-15H2,1-3H3,(H,21,23). The van der Waals surface area contributed by atoms with Crippen LogP contribution in [0.25, 0.3) is 0 Å². The maximum atomic E-state index is 12.3. The van der Waals surface area contributed by atoms with Crippen LogP contribution < -0.4 is 10.1 Å². The number of amides is 1. The fourth-order valence-corrected chi connectivity index (χ4v) is 3.55. The van der Waals surface area contributed by atoms with Crippen molar-refractivity contribution < 1.29 is 17.9 Å². The second-order valence-corrected chi connectivity index (χ2v) is 8.34. The van der Waals surface area contributed by atoms with E-state index in [1.165, 1.54) is 4.31 Å². The van der Waals surface area contributed by atoms with Gasteiger partial charge >= 0.3 is 0 Å². The van der Waals surface area contributed by atoms with Crippen LogP contribution in [-0.4, -0.2) is 38.5 Å². The van der Waals surface area contributed by atoms with Crippen LogP contribution in [0.1, 0.15) is 30.5 Å². The van der Waals surface area contributed by atoms with Crippen molar-refractivity contribution in [1.29, 1.82) is 0 Å². The number of carbonyl (C=O) groups is 1. The predicted molar refractivity (Wildman–Crippen MR) is 106 cm³/mol. The lowest BCUT2D eigenvalue weighted by atomic mass is 10.1. The van der Waals surface area contributed by atoms with Gasteiger partial charge < -0.3 is 10.1 Å². The molecule has 2 aromatic rings. The van der Waals surface area contributed by atoms with E-state index in [1.807, 2.05) is 55.5 Å². The minimum Gasteiger partial charge on any atom is -0.496 e. The molecule has 0 aliphatic carbocycles. The van der Waals surface area contributed by atoms with E-state index in [2.05, 4.69) is 5.32 Å². The molecule has 0 saturated heterocycles. The van der Waals surface area contributed by atoms with E-state index in [0.717, 1.165) is 17.4 Å². The van der Waals surface area contributed by atoms with E-state index >= 15 is 0 Å². The first-order valence-corrected chi connectivity index (χ1v) is 10.6. The van der Waals surface area contributed by atoms with Gasteiger partial charge in [0.15, 0.2) is 0 Å². The molecule has 0 aliphatic heterocycles. The first-order chi connectivity index (χ1) is 12.8. The molecule has 0 bridgehead atoms. The van der Waals surface area contributed by atoms with Crippen molar-refractivity contribution in [3.63, 3.8) is 0 Å². The number of nitrogens with one attached hydrogen (secondary N) is 1. The number of para-hydroxylation sites is 1. The molecule has 27 heavy (non-hydrogen) atoms. The molecule has 7 heteroatoms. The Labute approximate surface area is 161 Å². The number of nitrogens with zero attached hydrogens (tertiary/aromatic N) is 1. The summed E-state index contributed by atoms with van der Waals surface area (Å²) >= 11 is 0. The van der Waals surface area contributed by atoms with Gasteiger partial charge in [0.05, 0.1) is 19.4 Å². The van der Waals surface area contributed by atoms with E-state index < -0.39 is 10.0 Å². The van der Waals surface area contributed by atoms with Crippen molar-refractivity contribution in [2.24, 2.45) is 0 Å². The Morgan fingerprint density at radius 1 is 1.11 bits per heavy atom. The van der Waals surface area contributed by atoms with Gasteiger partial charge in [-0.3, -0.25) is 4.79 Å². The SMILES string of the molecule is COc1ccccc1CN(CCC(=O)NC(C)c1ccccc1)S(C)(=O)=O. The molecular weight excluding hydrogens is 364 g/mol. The van der Waals surface area contributed by atoms with Gasteiger partial charge in [-0.2, -0.15) is 4.31 Å². The van der Waals surface area contributed by atoms with Gasteiger partial charge in [-0.25, -0.2) is 8.42 Å². The molecule has 0 aliphatic rings. The number of ether oxygens (including phenoxy) is 1. The molecule has 0 fully saturated rings. The van der Waals surface area contributed by atoms with Crippen LogP contribution in [-0.2, 0) is 21.4 Å². The number of sulfonamides is 1. The molecule has 1 atom stereocenters. The Morgan fingerprint density at radius 3 is 2.37 bits per heavy atom. The van der Waals surface area contributed by atoms with E-state index in [4.69, 9.17) is 4.74 Å². The molecule has 0 aromatic heterocycles. The second-order valence-electron chi connectivity index (χ2n) is 6.36. The summed E-state index contributed by atoms with van der Waals surface area (Å²) in [4.78, 5) is 12.3. The van der Waals surface area contributed by atoms with Crippen LogP contribution in [0.3, 0.4) is 0 Å².